The molecule has 0 saturated carbocycles. The first-order valence-corrected chi connectivity index (χ1v) is 6.21. The highest BCUT2D eigenvalue weighted by molar-refractivity contribution is 5.42. The van der Waals surface area contributed by atoms with Gasteiger partial charge in [-0.05, 0) is 25.8 Å². The van der Waals surface area contributed by atoms with Crippen molar-refractivity contribution >= 4 is 5.82 Å². The molecular weight excluding hydrogens is 214 g/mol. The van der Waals surface area contributed by atoms with Crippen LogP contribution in [0.2, 0.25) is 0 Å². The summed E-state index contributed by atoms with van der Waals surface area (Å²) in [5.74, 6) is 0.492. The molecule has 1 atom stereocenters. The summed E-state index contributed by atoms with van der Waals surface area (Å²) in [5.41, 5.74) is 12.7. The van der Waals surface area contributed by atoms with E-state index in [1.807, 2.05) is 19.1 Å². The monoisotopic (exact) mass is 237 g/mol. The molecule has 1 aromatic heterocycles. The maximum atomic E-state index is 6.34. The number of nitrogen functional groups attached to an aromatic ring is 1. The Bertz CT molecular complexity index is 350. The van der Waals surface area contributed by atoms with Gasteiger partial charge in [0.25, 0.3) is 0 Å². The summed E-state index contributed by atoms with van der Waals surface area (Å²) in [7, 11) is 0. The summed E-state index contributed by atoms with van der Waals surface area (Å²) in [6.07, 6.45) is 3.38. The number of anilines is 1. The first kappa shape index (κ1) is 13.9. The number of pyridine rings is 1. The summed E-state index contributed by atoms with van der Waals surface area (Å²) in [5, 5.41) is 0. The van der Waals surface area contributed by atoms with E-state index in [2.05, 4.69) is 18.8 Å². The Morgan fingerprint density at radius 2 is 2.00 bits per heavy atom. The van der Waals surface area contributed by atoms with Gasteiger partial charge in [0.15, 0.2) is 0 Å². The molecule has 1 unspecified atom stereocenters. The SMILES string of the molecule is CCOC(CC)(CC)C(N)c1cccnc1N. The third-order valence-electron chi connectivity index (χ3n) is 3.40. The first-order valence-electron chi connectivity index (χ1n) is 6.21. The van der Waals surface area contributed by atoms with Gasteiger partial charge in [0.2, 0.25) is 0 Å². The van der Waals surface area contributed by atoms with Gasteiger partial charge in [0.1, 0.15) is 5.82 Å². The van der Waals surface area contributed by atoms with Crippen LogP contribution < -0.4 is 11.5 Å². The Labute approximate surface area is 103 Å². The molecule has 0 bridgehead atoms. The maximum absolute atomic E-state index is 6.34. The minimum atomic E-state index is -0.355. The minimum absolute atomic E-state index is 0.244. The van der Waals surface area contributed by atoms with Crippen molar-refractivity contribution in [2.24, 2.45) is 5.73 Å². The van der Waals surface area contributed by atoms with E-state index < -0.39 is 0 Å². The van der Waals surface area contributed by atoms with Gasteiger partial charge < -0.3 is 16.2 Å². The van der Waals surface area contributed by atoms with Crippen molar-refractivity contribution in [2.45, 2.75) is 45.3 Å². The average Bonchev–Trinajstić information content (AvgIpc) is 2.36. The van der Waals surface area contributed by atoms with Crippen LogP contribution in [0.3, 0.4) is 0 Å². The number of aromatic nitrogens is 1. The van der Waals surface area contributed by atoms with E-state index in [0.29, 0.717) is 12.4 Å². The van der Waals surface area contributed by atoms with E-state index >= 15 is 0 Å². The van der Waals surface area contributed by atoms with Gasteiger partial charge in [-0.3, -0.25) is 0 Å². The van der Waals surface area contributed by atoms with Crippen LogP contribution in [0.15, 0.2) is 18.3 Å². The third kappa shape index (κ3) is 2.76. The topological polar surface area (TPSA) is 74.2 Å². The second-order valence-corrected chi connectivity index (χ2v) is 4.16. The predicted octanol–water partition coefficient (Wildman–Crippen LogP) is 2.26. The lowest BCUT2D eigenvalue weighted by molar-refractivity contribution is -0.0644. The fourth-order valence-corrected chi connectivity index (χ4v) is 2.25. The molecule has 0 radical (unpaired) electrons. The van der Waals surface area contributed by atoms with Gasteiger partial charge in [0.05, 0.1) is 11.6 Å². The van der Waals surface area contributed by atoms with Gasteiger partial charge in [-0.15, -0.1) is 0 Å². The lowest BCUT2D eigenvalue weighted by Gasteiger charge is -2.37. The Morgan fingerprint density at radius 3 is 2.47 bits per heavy atom. The molecule has 1 rings (SSSR count). The van der Waals surface area contributed by atoms with Crippen molar-refractivity contribution in [3.8, 4) is 0 Å². The molecule has 1 heterocycles. The van der Waals surface area contributed by atoms with Crippen LogP contribution in [0.5, 0.6) is 0 Å². The molecule has 0 spiro atoms. The van der Waals surface area contributed by atoms with Crippen molar-refractivity contribution in [1.82, 2.24) is 4.98 Å². The zero-order valence-electron chi connectivity index (χ0n) is 10.9. The molecule has 1 aromatic rings. The number of hydrogen-bond acceptors (Lipinski definition) is 4. The molecule has 0 aromatic carbocycles. The minimum Gasteiger partial charge on any atom is -0.383 e. The smallest absolute Gasteiger partial charge is 0.128 e. The van der Waals surface area contributed by atoms with Crippen molar-refractivity contribution in [3.63, 3.8) is 0 Å². The summed E-state index contributed by atoms with van der Waals surface area (Å²) >= 11 is 0. The summed E-state index contributed by atoms with van der Waals surface area (Å²) in [6, 6.07) is 3.53. The van der Waals surface area contributed by atoms with Gasteiger partial charge in [-0.25, -0.2) is 4.98 Å². The Kier molecular flexibility index (Phi) is 4.90. The summed E-state index contributed by atoms with van der Waals surface area (Å²) < 4.78 is 5.89. The average molecular weight is 237 g/mol. The Balaban J connectivity index is 3.07. The fourth-order valence-electron chi connectivity index (χ4n) is 2.25. The lowest BCUT2D eigenvalue weighted by atomic mass is 9.84. The molecule has 4 N–H and O–H groups in total. The van der Waals surface area contributed by atoms with Gasteiger partial charge in [-0.2, -0.15) is 0 Å². The lowest BCUT2D eigenvalue weighted by Crippen LogP contribution is -2.43. The molecule has 0 aliphatic carbocycles. The molecule has 17 heavy (non-hydrogen) atoms. The Hall–Kier alpha value is -1.13. The van der Waals surface area contributed by atoms with E-state index in [1.165, 1.54) is 0 Å². The fraction of sp³-hybridized carbons (Fsp3) is 0.615. The largest absolute Gasteiger partial charge is 0.383 e. The highest BCUT2D eigenvalue weighted by Crippen LogP contribution is 2.35. The standard InChI is InChI=1S/C13H23N3O/c1-4-13(5-2,17-6-3)11(14)10-8-7-9-16-12(10)15/h7-9,11H,4-6,14H2,1-3H3,(H2,15,16). The molecule has 4 heteroatoms. The second kappa shape index (κ2) is 5.98. The molecule has 0 saturated heterocycles. The van der Waals surface area contributed by atoms with Crippen LogP contribution in [-0.2, 0) is 4.74 Å². The molecule has 4 nitrogen and oxygen atoms in total. The Morgan fingerprint density at radius 1 is 1.35 bits per heavy atom. The van der Waals surface area contributed by atoms with Crippen LogP contribution in [0.4, 0.5) is 5.82 Å². The summed E-state index contributed by atoms with van der Waals surface area (Å²) in [6.45, 7) is 6.81. The molecule has 0 aliphatic rings. The van der Waals surface area contributed by atoms with Crippen molar-refractivity contribution in [2.75, 3.05) is 12.3 Å². The summed E-state index contributed by atoms with van der Waals surface area (Å²) in [4.78, 5) is 4.08. The molecule has 0 amide bonds. The van der Waals surface area contributed by atoms with E-state index in [0.717, 1.165) is 18.4 Å². The van der Waals surface area contributed by atoms with Crippen LogP contribution in [-0.4, -0.2) is 17.2 Å². The molecule has 0 aliphatic heterocycles. The number of nitrogens with zero attached hydrogens (tertiary/aromatic N) is 1. The van der Waals surface area contributed by atoms with Gasteiger partial charge >= 0.3 is 0 Å². The van der Waals surface area contributed by atoms with Crippen LogP contribution in [0, 0.1) is 0 Å². The highest BCUT2D eigenvalue weighted by Gasteiger charge is 2.36. The molecule has 96 valence electrons. The zero-order valence-corrected chi connectivity index (χ0v) is 10.9. The van der Waals surface area contributed by atoms with Crippen molar-refractivity contribution in [1.29, 1.82) is 0 Å². The number of nitrogens with two attached hydrogens (primary N) is 2. The normalized spacial score (nSPS) is 13.6. The van der Waals surface area contributed by atoms with E-state index in [1.54, 1.807) is 6.20 Å². The maximum Gasteiger partial charge on any atom is 0.128 e. The number of rotatable bonds is 6. The molecular formula is C13H23N3O. The van der Waals surface area contributed by atoms with Crippen LogP contribution in [0.1, 0.15) is 45.2 Å². The van der Waals surface area contributed by atoms with E-state index in [9.17, 15) is 0 Å². The second-order valence-electron chi connectivity index (χ2n) is 4.16. The van der Waals surface area contributed by atoms with Crippen molar-refractivity contribution < 1.29 is 4.74 Å². The number of hydrogen-bond donors (Lipinski definition) is 2. The first-order chi connectivity index (χ1) is 8.11. The van der Waals surface area contributed by atoms with Crippen LogP contribution >= 0.6 is 0 Å². The zero-order chi connectivity index (χ0) is 12.9. The van der Waals surface area contributed by atoms with E-state index in [-0.39, 0.29) is 11.6 Å². The molecule has 0 fully saturated rings. The van der Waals surface area contributed by atoms with Gasteiger partial charge in [0, 0.05) is 18.4 Å². The number of ether oxygens (including phenoxy) is 1. The highest BCUT2D eigenvalue weighted by atomic mass is 16.5. The third-order valence-corrected chi connectivity index (χ3v) is 3.40. The predicted molar refractivity (Wildman–Crippen MR) is 70.5 cm³/mol. The van der Waals surface area contributed by atoms with E-state index in [4.69, 9.17) is 16.2 Å². The van der Waals surface area contributed by atoms with Crippen molar-refractivity contribution in [3.05, 3.63) is 23.9 Å². The van der Waals surface area contributed by atoms with Gasteiger partial charge in [-0.1, -0.05) is 19.9 Å². The van der Waals surface area contributed by atoms with Crippen LogP contribution in [0.25, 0.3) is 0 Å². The quantitative estimate of drug-likeness (QED) is 0.796.